The van der Waals surface area contributed by atoms with Crippen LogP contribution in [0, 0.1) is 0 Å². The quantitative estimate of drug-likeness (QED) is 0.922. The van der Waals surface area contributed by atoms with Gasteiger partial charge in [0.1, 0.15) is 5.69 Å². The number of aromatic nitrogens is 4. The lowest BCUT2D eigenvalue weighted by molar-refractivity contribution is -0.141. The number of anilines is 1. The van der Waals surface area contributed by atoms with Crippen LogP contribution in [0.15, 0.2) is 24.7 Å². The number of rotatable bonds is 4. The van der Waals surface area contributed by atoms with Gasteiger partial charge in [-0.3, -0.25) is 4.68 Å². The van der Waals surface area contributed by atoms with Gasteiger partial charge < -0.3 is 5.32 Å². The van der Waals surface area contributed by atoms with Crippen molar-refractivity contribution in [1.82, 2.24) is 19.7 Å². The molecule has 0 unspecified atom stereocenters. The second kappa shape index (κ2) is 5.25. The first kappa shape index (κ1) is 13.3. The van der Waals surface area contributed by atoms with Crippen molar-refractivity contribution in [2.24, 2.45) is 7.05 Å². The summed E-state index contributed by atoms with van der Waals surface area (Å²) < 4.78 is 38.9. The Bertz CT molecular complexity index is 549. The van der Waals surface area contributed by atoms with Crippen LogP contribution < -0.4 is 5.32 Å². The van der Waals surface area contributed by atoms with Crippen LogP contribution in [0.3, 0.4) is 0 Å². The number of aryl methyl sites for hydroxylation is 1. The second-order valence-electron chi connectivity index (χ2n) is 3.96. The van der Waals surface area contributed by atoms with Crippen LogP contribution in [-0.2, 0) is 19.6 Å². The van der Waals surface area contributed by atoms with Crippen molar-refractivity contribution in [3.63, 3.8) is 0 Å². The largest absolute Gasteiger partial charge is 0.433 e. The zero-order valence-electron chi connectivity index (χ0n) is 10.1. The lowest BCUT2D eigenvalue weighted by Crippen LogP contribution is -2.13. The molecule has 0 aliphatic rings. The van der Waals surface area contributed by atoms with E-state index in [0.29, 0.717) is 13.0 Å². The van der Waals surface area contributed by atoms with E-state index in [4.69, 9.17) is 0 Å². The summed E-state index contributed by atoms with van der Waals surface area (Å²) in [5.74, 6) is -0.0290. The third kappa shape index (κ3) is 3.67. The maximum atomic E-state index is 12.4. The molecule has 0 aromatic carbocycles. The van der Waals surface area contributed by atoms with E-state index in [1.807, 2.05) is 6.20 Å². The summed E-state index contributed by atoms with van der Waals surface area (Å²) in [6.45, 7) is 0.438. The predicted octanol–water partition coefficient (Wildman–Crippen LogP) is 1.88. The van der Waals surface area contributed by atoms with E-state index < -0.39 is 11.9 Å². The highest BCUT2D eigenvalue weighted by atomic mass is 19.4. The molecular weight excluding hydrogens is 259 g/mol. The zero-order valence-corrected chi connectivity index (χ0v) is 10.1. The Hall–Kier alpha value is -2.12. The standard InChI is InChI=1S/C11H12F3N5/c1-19-7-8(6-17-19)2-4-15-10-16-5-3-9(18-10)11(12,13)14/h3,5-7H,2,4H2,1H3,(H,15,16,18). The number of alkyl halides is 3. The average molecular weight is 271 g/mol. The Labute approximate surface area is 107 Å². The summed E-state index contributed by atoms with van der Waals surface area (Å²) >= 11 is 0. The third-order valence-corrected chi connectivity index (χ3v) is 2.40. The van der Waals surface area contributed by atoms with Crippen LogP contribution in [0.5, 0.6) is 0 Å². The summed E-state index contributed by atoms with van der Waals surface area (Å²) in [6.07, 6.45) is 0.807. The van der Waals surface area contributed by atoms with E-state index in [-0.39, 0.29) is 5.95 Å². The molecule has 5 nitrogen and oxygen atoms in total. The van der Waals surface area contributed by atoms with E-state index in [0.717, 1.165) is 17.8 Å². The molecule has 8 heteroatoms. The van der Waals surface area contributed by atoms with Gasteiger partial charge in [0.25, 0.3) is 0 Å². The molecule has 2 heterocycles. The summed E-state index contributed by atoms with van der Waals surface area (Å²) in [5.41, 5.74) is 0.0355. The van der Waals surface area contributed by atoms with Gasteiger partial charge in [-0.25, -0.2) is 9.97 Å². The van der Waals surface area contributed by atoms with E-state index in [1.165, 1.54) is 0 Å². The van der Waals surface area contributed by atoms with Gasteiger partial charge in [0.15, 0.2) is 0 Å². The molecule has 0 amide bonds. The fourth-order valence-electron chi connectivity index (χ4n) is 1.52. The second-order valence-corrected chi connectivity index (χ2v) is 3.96. The highest BCUT2D eigenvalue weighted by molar-refractivity contribution is 5.26. The van der Waals surface area contributed by atoms with Crippen LogP contribution >= 0.6 is 0 Å². The predicted molar refractivity (Wildman–Crippen MR) is 62.4 cm³/mol. The monoisotopic (exact) mass is 271 g/mol. The Morgan fingerprint density at radius 2 is 2.16 bits per heavy atom. The van der Waals surface area contributed by atoms with Crippen molar-refractivity contribution in [3.8, 4) is 0 Å². The average Bonchev–Trinajstić information content (AvgIpc) is 2.74. The molecule has 2 rings (SSSR count). The number of hydrogen-bond donors (Lipinski definition) is 1. The van der Waals surface area contributed by atoms with Crippen molar-refractivity contribution < 1.29 is 13.2 Å². The summed E-state index contributed by atoms with van der Waals surface area (Å²) in [6, 6.07) is 0.840. The lowest BCUT2D eigenvalue weighted by Gasteiger charge is -2.08. The number of nitrogens with zero attached hydrogens (tertiary/aromatic N) is 4. The van der Waals surface area contributed by atoms with Gasteiger partial charge in [0, 0.05) is 26.0 Å². The van der Waals surface area contributed by atoms with E-state index in [1.54, 1.807) is 17.9 Å². The molecule has 2 aromatic heterocycles. The van der Waals surface area contributed by atoms with Crippen LogP contribution in [0.1, 0.15) is 11.3 Å². The summed E-state index contributed by atoms with van der Waals surface area (Å²) in [5, 5.41) is 6.75. The Morgan fingerprint density at radius 1 is 1.37 bits per heavy atom. The van der Waals surface area contributed by atoms with Crippen molar-refractivity contribution in [3.05, 3.63) is 35.9 Å². The first-order valence-corrected chi connectivity index (χ1v) is 5.57. The summed E-state index contributed by atoms with van der Waals surface area (Å²) in [4.78, 5) is 7.16. The van der Waals surface area contributed by atoms with E-state index >= 15 is 0 Å². The van der Waals surface area contributed by atoms with Gasteiger partial charge in [-0.1, -0.05) is 0 Å². The Balaban J connectivity index is 1.93. The molecule has 0 saturated carbocycles. The molecule has 19 heavy (non-hydrogen) atoms. The first-order valence-electron chi connectivity index (χ1n) is 5.57. The molecule has 1 N–H and O–H groups in total. The molecule has 0 saturated heterocycles. The minimum absolute atomic E-state index is 0.0290. The van der Waals surface area contributed by atoms with Crippen LogP contribution in [0.4, 0.5) is 19.1 Å². The van der Waals surface area contributed by atoms with Crippen molar-refractivity contribution in [2.45, 2.75) is 12.6 Å². The van der Waals surface area contributed by atoms with Gasteiger partial charge in [-0.2, -0.15) is 18.3 Å². The highest BCUT2D eigenvalue weighted by Crippen LogP contribution is 2.27. The van der Waals surface area contributed by atoms with Crippen LogP contribution in [0.2, 0.25) is 0 Å². The molecule has 0 spiro atoms. The first-order chi connectivity index (χ1) is 8.95. The third-order valence-electron chi connectivity index (χ3n) is 2.40. The molecule has 0 atom stereocenters. The topological polar surface area (TPSA) is 55.6 Å². The van der Waals surface area contributed by atoms with Crippen molar-refractivity contribution in [1.29, 1.82) is 0 Å². The summed E-state index contributed by atoms with van der Waals surface area (Å²) in [7, 11) is 1.80. The van der Waals surface area contributed by atoms with Gasteiger partial charge in [-0.05, 0) is 18.1 Å². The minimum Gasteiger partial charge on any atom is -0.354 e. The van der Waals surface area contributed by atoms with Crippen LogP contribution in [0.25, 0.3) is 0 Å². The molecule has 0 aliphatic carbocycles. The molecule has 0 radical (unpaired) electrons. The molecule has 0 fully saturated rings. The Morgan fingerprint density at radius 3 is 2.79 bits per heavy atom. The molecule has 102 valence electrons. The highest BCUT2D eigenvalue weighted by Gasteiger charge is 2.32. The van der Waals surface area contributed by atoms with E-state index in [2.05, 4.69) is 20.4 Å². The number of hydrogen-bond acceptors (Lipinski definition) is 4. The normalized spacial score (nSPS) is 11.6. The zero-order chi connectivity index (χ0) is 13.9. The SMILES string of the molecule is Cn1cc(CCNc2nccc(C(F)(F)F)n2)cn1. The number of nitrogens with one attached hydrogen (secondary N) is 1. The lowest BCUT2D eigenvalue weighted by atomic mass is 10.2. The van der Waals surface area contributed by atoms with E-state index in [9.17, 15) is 13.2 Å². The maximum absolute atomic E-state index is 12.4. The van der Waals surface area contributed by atoms with Gasteiger partial charge in [-0.15, -0.1) is 0 Å². The Kier molecular flexibility index (Phi) is 3.68. The molecule has 0 aliphatic heterocycles. The van der Waals surface area contributed by atoms with Gasteiger partial charge >= 0.3 is 6.18 Å². The molecular formula is C11H12F3N5. The fraction of sp³-hybridized carbons (Fsp3) is 0.364. The van der Waals surface area contributed by atoms with Crippen molar-refractivity contribution >= 4 is 5.95 Å². The fourth-order valence-corrected chi connectivity index (χ4v) is 1.52. The van der Waals surface area contributed by atoms with Gasteiger partial charge in [0.2, 0.25) is 5.95 Å². The molecule has 2 aromatic rings. The smallest absolute Gasteiger partial charge is 0.354 e. The maximum Gasteiger partial charge on any atom is 0.433 e. The molecule has 0 bridgehead atoms. The van der Waals surface area contributed by atoms with Crippen molar-refractivity contribution in [2.75, 3.05) is 11.9 Å². The number of halogens is 3. The minimum atomic E-state index is -4.46. The van der Waals surface area contributed by atoms with Crippen LogP contribution in [-0.4, -0.2) is 26.3 Å². The van der Waals surface area contributed by atoms with Gasteiger partial charge in [0.05, 0.1) is 6.20 Å².